The van der Waals surface area contributed by atoms with Gasteiger partial charge in [-0.15, -0.1) is 11.3 Å². The van der Waals surface area contributed by atoms with Crippen LogP contribution in [-0.2, 0) is 5.60 Å². The molecule has 1 aliphatic carbocycles. The summed E-state index contributed by atoms with van der Waals surface area (Å²) in [5, 5.41) is 13.1. The largest absolute Gasteiger partial charge is 0.379 e. The normalized spacial score (nSPS) is 18.9. The molecule has 1 atom stereocenters. The summed E-state index contributed by atoms with van der Waals surface area (Å²) < 4.78 is 1.05. The van der Waals surface area contributed by atoms with Gasteiger partial charge in [0, 0.05) is 9.35 Å². The Hall–Kier alpha value is -0.640. The van der Waals surface area contributed by atoms with Crippen LogP contribution in [0.25, 0.3) is 0 Å². The molecular weight excluding hydrogens is 296 g/mol. The molecular formula is C14H13BrOS. The summed E-state index contributed by atoms with van der Waals surface area (Å²) in [7, 11) is 0. The molecule has 0 amide bonds. The van der Waals surface area contributed by atoms with E-state index in [0.29, 0.717) is 5.92 Å². The molecule has 0 saturated heterocycles. The summed E-state index contributed by atoms with van der Waals surface area (Å²) in [6, 6.07) is 12.1. The van der Waals surface area contributed by atoms with Crippen LogP contribution in [0.5, 0.6) is 0 Å². The minimum absolute atomic E-state index is 0.377. The second-order valence-corrected chi connectivity index (χ2v) is 6.39. The summed E-state index contributed by atoms with van der Waals surface area (Å²) in [6.45, 7) is 0. The highest BCUT2D eigenvalue weighted by Gasteiger charge is 2.46. The highest BCUT2D eigenvalue weighted by molar-refractivity contribution is 9.10. The Kier molecular flexibility index (Phi) is 2.85. The molecule has 0 aliphatic heterocycles. The van der Waals surface area contributed by atoms with E-state index in [9.17, 15) is 5.11 Å². The standard InChI is InChI=1S/C14H13BrOS/c15-12-7-5-11(6-8-12)14(16,10-3-4-10)13-2-1-9-17-13/h1-2,5-10,16H,3-4H2/t14-/m1/s1. The molecule has 1 aromatic carbocycles. The van der Waals surface area contributed by atoms with Gasteiger partial charge in [0.15, 0.2) is 0 Å². The van der Waals surface area contributed by atoms with Crippen molar-refractivity contribution in [2.45, 2.75) is 18.4 Å². The third-order valence-corrected chi connectivity index (χ3v) is 4.87. The van der Waals surface area contributed by atoms with E-state index in [0.717, 1.165) is 27.8 Å². The number of rotatable bonds is 3. The van der Waals surface area contributed by atoms with Crippen LogP contribution in [0, 0.1) is 5.92 Å². The van der Waals surface area contributed by atoms with Crippen LogP contribution >= 0.6 is 27.3 Å². The second-order valence-electron chi connectivity index (χ2n) is 4.52. The van der Waals surface area contributed by atoms with Crippen LogP contribution in [0.15, 0.2) is 46.3 Å². The number of benzene rings is 1. The Bertz CT molecular complexity index is 502. The van der Waals surface area contributed by atoms with Gasteiger partial charge in [0.05, 0.1) is 0 Å². The lowest BCUT2D eigenvalue weighted by atomic mass is 9.87. The number of hydrogen-bond acceptors (Lipinski definition) is 2. The van der Waals surface area contributed by atoms with E-state index < -0.39 is 5.60 Å². The van der Waals surface area contributed by atoms with Crippen molar-refractivity contribution in [3.05, 3.63) is 56.7 Å². The molecule has 3 heteroatoms. The number of hydrogen-bond donors (Lipinski definition) is 1. The van der Waals surface area contributed by atoms with Crippen LogP contribution in [-0.4, -0.2) is 5.11 Å². The highest BCUT2D eigenvalue weighted by Crippen LogP contribution is 2.50. The van der Waals surface area contributed by atoms with E-state index in [2.05, 4.69) is 15.9 Å². The zero-order valence-electron chi connectivity index (χ0n) is 9.27. The minimum atomic E-state index is -0.783. The maximum Gasteiger partial charge on any atom is 0.126 e. The Morgan fingerprint density at radius 3 is 2.41 bits per heavy atom. The van der Waals surface area contributed by atoms with Gasteiger partial charge in [0.2, 0.25) is 0 Å². The van der Waals surface area contributed by atoms with Crippen molar-refractivity contribution < 1.29 is 5.11 Å². The molecule has 1 saturated carbocycles. The van der Waals surface area contributed by atoms with Crippen LogP contribution < -0.4 is 0 Å². The zero-order chi connectivity index (χ0) is 11.9. The molecule has 1 aromatic heterocycles. The Morgan fingerprint density at radius 2 is 1.88 bits per heavy atom. The first-order valence-corrected chi connectivity index (χ1v) is 7.41. The summed E-state index contributed by atoms with van der Waals surface area (Å²) in [5.41, 5.74) is 0.222. The molecule has 17 heavy (non-hydrogen) atoms. The van der Waals surface area contributed by atoms with Crippen molar-refractivity contribution >= 4 is 27.3 Å². The molecule has 0 spiro atoms. The Morgan fingerprint density at radius 1 is 1.18 bits per heavy atom. The average Bonchev–Trinajstić information content (AvgIpc) is 3.05. The van der Waals surface area contributed by atoms with E-state index in [1.54, 1.807) is 11.3 Å². The van der Waals surface area contributed by atoms with Crippen molar-refractivity contribution in [3.63, 3.8) is 0 Å². The lowest BCUT2D eigenvalue weighted by Gasteiger charge is -2.27. The van der Waals surface area contributed by atoms with Crippen molar-refractivity contribution in [2.24, 2.45) is 5.92 Å². The number of halogens is 1. The van der Waals surface area contributed by atoms with Gasteiger partial charge in [-0.25, -0.2) is 0 Å². The van der Waals surface area contributed by atoms with E-state index >= 15 is 0 Å². The van der Waals surface area contributed by atoms with E-state index in [-0.39, 0.29) is 0 Å². The molecule has 0 radical (unpaired) electrons. The fourth-order valence-corrected chi connectivity index (χ4v) is 3.47. The van der Waals surface area contributed by atoms with Gasteiger partial charge in [0.25, 0.3) is 0 Å². The van der Waals surface area contributed by atoms with E-state index in [1.807, 2.05) is 41.8 Å². The van der Waals surface area contributed by atoms with Crippen LogP contribution in [0.1, 0.15) is 23.3 Å². The third-order valence-electron chi connectivity index (χ3n) is 3.35. The number of thiophene rings is 1. The smallest absolute Gasteiger partial charge is 0.126 e. The summed E-state index contributed by atoms with van der Waals surface area (Å²) in [6.07, 6.45) is 2.23. The second kappa shape index (κ2) is 4.23. The maximum atomic E-state index is 11.1. The van der Waals surface area contributed by atoms with Gasteiger partial charge >= 0.3 is 0 Å². The summed E-state index contributed by atoms with van der Waals surface area (Å²) >= 11 is 5.07. The van der Waals surface area contributed by atoms with Crippen LogP contribution in [0.2, 0.25) is 0 Å². The van der Waals surface area contributed by atoms with Gasteiger partial charge in [-0.3, -0.25) is 0 Å². The molecule has 1 N–H and O–H groups in total. The highest BCUT2D eigenvalue weighted by atomic mass is 79.9. The molecule has 1 fully saturated rings. The summed E-state index contributed by atoms with van der Waals surface area (Å²) in [4.78, 5) is 1.06. The van der Waals surface area contributed by atoms with Gasteiger partial charge in [-0.05, 0) is 47.9 Å². The average molecular weight is 309 g/mol. The summed E-state index contributed by atoms with van der Waals surface area (Å²) in [5.74, 6) is 0.377. The number of aliphatic hydroxyl groups is 1. The first-order valence-electron chi connectivity index (χ1n) is 5.73. The van der Waals surface area contributed by atoms with E-state index in [1.165, 1.54) is 0 Å². The lowest BCUT2D eigenvalue weighted by molar-refractivity contribution is 0.0602. The molecule has 0 bridgehead atoms. The van der Waals surface area contributed by atoms with Crippen molar-refractivity contribution in [1.82, 2.24) is 0 Å². The van der Waals surface area contributed by atoms with Crippen molar-refractivity contribution in [1.29, 1.82) is 0 Å². The fraction of sp³-hybridized carbons (Fsp3) is 0.286. The zero-order valence-corrected chi connectivity index (χ0v) is 11.7. The van der Waals surface area contributed by atoms with Gasteiger partial charge in [-0.1, -0.05) is 34.1 Å². The predicted octanol–water partition coefficient (Wildman–Crippen LogP) is 4.16. The van der Waals surface area contributed by atoms with Gasteiger partial charge in [0.1, 0.15) is 5.60 Å². The quantitative estimate of drug-likeness (QED) is 0.903. The molecule has 3 rings (SSSR count). The molecule has 1 heterocycles. The maximum absolute atomic E-state index is 11.1. The monoisotopic (exact) mass is 308 g/mol. The Balaban J connectivity index is 2.08. The lowest BCUT2D eigenvalue weighted by Crippen LogP contribution is -2.28. The molecule has 1 nitrogen and oxygen atoms in total. The first kappa shape index (κ1) is 11.5. The fourth-order valence-electron chi connectivity index (χ4n) is 2.28. The van der Waals surface area contributed by atoms with Crippen molar-refractivity contribution in [2.75, 3.05) is 0 Å². The molecule has 0 unspecified atom stereocenters. The molecule has 2 aromatic rings. The van der Waals surface area contributed by atoms with Crippen molar-refractivity contribution in [3.8, 4) is 0 Å². The topological polar surface area (TPSA) is 20.2 Å². The minimum Gasteiger partial charge on any atom is -0.379 e. The third kappa shape index (κ3) is 1.96. The first-order chi connectivity index (χ1) is 8.21. The van der Waals surface area contributed by atoms with Crippen LogP contribution in [0.4, 0.5) is 0 Å². The molecule has 88 valence electrons. The van der Waals surface area contributed by atoms with E-state index in [4.69, 9.17) is 0 Å². The van der Waals surface area contributed by atoms with Crippen LogP contribution in [0.3, 0.4) is 0 Å². The Labute approximate surface area is 113 Å². The van der Waals surface area contributed by atoms with Gasteiger partial charge < -0.3 is 5.11 Å². The van der Waals surface area contributed by atoms with Gasteiger partial charge in [-0.2, -0.15) is 0 Å². The predicted molar refractivity (Wildman–Crippen MR) is 74.2 cm³/mol. The SMILES string of the molecule is O[C@](c1ccc(Br)cc1)(c1cccs1)C1CC1. The molecule has 1 aliphatic rings.